The van der Waals surface area contributed by atoms with E-state index in [-0.39, 0.29) is 5.92 Å². The lowest BCUT2D eigenvalue weighted by Gasteiger charge is -2.18. The van der Waals surface area contributed by atoms with Gasteiger partial charge < -0.3 is 5.73 Å². The highest BCUT2D eigenvalue weighted by molar-refractivity contribution is 7.87. The van der Waals surface area contributed by atoms with Gasteiger partial charge in [-0.05, 0) is 23.6 Å². The Kier molecular flexibility index (Phi) is 5.13. The molecular weight excluding hydrogens is 250 g/mol. The number of hydrogen-bond donors (Lipinski definition) is 2. The number of nitrogen functional groups attached to an aromatic ring is 1. The van der Waals surface area contributed by atoms with Crippen molar-refractivity contribution in [1.82, 2.24) is 9.03 Å². The van der Waals surface area contributed by atoms with Crippen molar-refractivity contribution in [2.45, 2.75) is 20.4 Å². The molecule has 0 heterocycles. The normalized spacial score (nSPS) is 12.3. The number of anilines is 1. The first kappa shape index (κ1) is 14.9. The van der Waals surface area contributed by atoms with Crippen molar-refractivity contribution in [2.75, 3.05) is 19.3 Å². The lowest BCUT2D eigenvalue weighted by molar-refractivity contribution is 0.449. The monoisotopic (exact) mass is 271 g/mol. The van der Waals surface area contributed by atoms with E-state index in [1.54, 1.807) is 19.2 Å². The van der Waals surface area contributed by atoms with Gasteiger partial charge in [0.2, 0.25) is 0 Å². The van der Waals surface area contributed by atoms with Crippen LogP contribution in [0.1, 0.15) is 19.4 Å². The third-order valence-corrected chi connectivity index (χ3v) is 3.95. The Bertz CT molecular complexity index is 469. The average Bonchev–Trinajstić information content (AvgIpc) is 2.29. The van der Waals surface area contributed by atoms with Gasteiger partial charge in [-0.1, -0.05) is 26.0 Å². The fourth-order valence-electron chi connectivity index (χ4n) is 1.35. The second kappa shape index (κ2) is 6.17. The minimum absolute atomic E-state index is 0.282. The number of benzene rings is 1. The van der Waals surface area contributed by atoms with E-state index < -0.39 is 10.2 Å². The third kappa shape index (κ3) is 4.64. The summed E-state index contributed by atoms with van der Waals surface area (Å²) in [5, 5.41) is 0. The molecule has 6 heteroatoms. The first-order valence-corrected chi connectivity index (χ1v) is 7.30. The summed E-state index contributed by atoms with van der Waals surface area (Å²) in [6.45, 7) is 4.69. The molecule has 0 bridgehead atoms. The van der Waals surface area contributed by atoms with Crippen LogP contribution >= 0.6 is 0 Å². The number of rotatable bonds is 6. The van der Waals surface area contributed by atoms with Crippen molar-refractivity contribution < 1.29 is 8.42 Å². The third-order valence-electron chi connectivity index (χ3n) is 2.47. The van der Waals surface area contributed by atoms with Crippen LogP contribution in [0.5, 0.6) is 0 Å². The van der Waals surface area contributed by atoms with Crippen molar-refractivity contribution in [3.05, 3.63) is 29.8 Å². The predicted molar refractivity (Wildman–Crippen MR) is 74.1 cm³/mol. The first-order chi connectivity index (χ1) is 8.31. The Labute approximate surface area is 109 Å². The first-order valence-electron chi connectivity index (χ1n) is 5.86. The molecule has 102 valence electrons. The van der Waals surface area contributed by atoms with Gasteiger partial charge in [0.05, 0.1) is 0 Å². The van der Waals surface area contributed by atoms with Crippen molar-refractivity contribution in [3.8, 4) is 0 Å². The number of hydrogen-bond acceptors (Lipinski definition) is 3. The van der Waals surface area contributed by atoms with Crippen molar-refractivity contribution >= 4 is 15.9 Å². The molecule has 0 amide bonds. The summed E-state index contributed by atoms with van der Waals surface area (Å²) in [6, 6.07) is 7.17. The summed E-state index contributed by atoms with van der Waals surface area (Å²) < 4.78 is 27.6. The van der Waals surface area contributed by atoms with Gasteiger partial charge in [0.25, 0.3) is 10.2 Å². The van der Waals surface area contributed by atoms with E-state index in [9.17, 15) is 8.42 Å². The Morgan fingerprint density at radius 2 is 1.83 bits per heavy atom. The van der Waals surface area contributed by atoms with Gasteiger partial charge in [0, 0.05) is 25.8 Å². The Morgan fingerprint density at radius 1 is 1.28 bits per heavy atom. The highest BCUT2D eigenvalue weighted by atomic mass is 32.2. The van der Waals surface area contributed by atoms with Gasteiger partial charge in [-0.2, -0.15) is 12.7 Å². The summed E-state index contributed by atoms with van der Waals surface area (Å²) in [7, 11) is -1.86. The molecule has 1 aromatic carbocycles. The van der Waals surface area contributed by atoms with Crippen LogP contribution in [0.2, 0.25) is 0 Å². The minimum atomic E-state index is -3.41. The molecule has 0 saturated carbocycles. The summed E-state index contributed by atoms with van der Waals surface area (Å²) in [6.07, 6.45) is 0. The molecule has 0 unspecified atom stereocenters. The van der Waals surface area contributed by atoms with E-state index in [1.807, 2.05) is 26.0 Å². The molecule has 0 radical (unpaired) electrons. The van der Waals surface area contributed by atoms with Crippen molar-refractivity contribution in [1.29, 1.82) is 0 Å². The summed E-state index contributed by atoms with van der Waals surface area (Å²) in [5.74, 6) is 0.282. The SMILES string of the molecule is CC(C)CNS(=O)(=O)N(C)Cc1ccc(N)cc1. The summed E-state index contributed by atoms with van der Waals surface area (Å²) in [5.41, 5.74) is 7.15. The van der Waals surface area contributed by atoms with E-state index in [1.165, 1.54) is 4.31 Å². The maximum absolute atomic E-state index is 11.9. The van der Waals surface area contributed by atoms with Crippen LogP contribution in [0, 0.1) is 5.92 Å². The predicted octanol–water partition coefficient (Wildman–Crippen LogP) is 1.19. The standard InChI is InChI=1S/C12H21N3O2S/c1-10(2)8-14-18(16,17)15(3)9-11-4-6-12(13)7-5-11/h4-7,10,14H,8-9,13H2,1-3H3. The molecule has 0 aliphatic rings. The van der Waals surface area contributed by atoms with Crippen molar-refractivity contribution in [2.24, 2.45) is 5.92 Å². The molecule has 0 atom stereocenters. The van der Waals surface area contributed by atoms with Crippen molar-refractivity contribution in [3.63, 3.8) is 0 Å². The van der Waals surface area contributed by atoms with Crippen LogP contribution in [0.15, 0.2) is 24.3 Å². The van der Waals surface area contributed by atoms with Gasteiger partial charge in [-0.15, -0.1) is 0 Å². The molecule has 0 aliphatic heterocycles. The second-order valence-corrected chi connectivity index (χ2v) is 6.61. The topological polar surface area (TPSA) is 75.4 Å². The lowest BCUT2D eigenvalue weighted by atomic mass is 10.2. The maximum Gasteiger partial charge on any atom is 0.279 e. The second-order valence-electron chi connectivity index (χ2n) is 4.74. The van der Waals surface area contributed by atoms with Crippen LogP contribution in [0.25, 0.3) is 0 Å². The van der Waals surface area contributed by atoms with Gasteiger partial charge in [0.15, 0.2) is 0 Å². The number of nitrogens with two attached hydrogens (primary N) is 1. The number of nitrogens with zero attached hydrogens (tertiary/aromatic N) is 1. The van der Waals surface area contributed by atoms with E-state index in [0.717, 1.165) is 5.56 Å². The smallest absolute Gasteiger partial charge is 0.279 e. The van der Waals surface area contributed by atoms with Crippen LogP contribution in [-0.4, -0.2) is 26.3 Å². The van der Waals surface area contributed by atoms with E-state index in [4.69, 9.17) is 5.73 Å². The number of nitrogens with one attached hydrogen (secondary N) is 1. The molecule has 0 aliphatic carbocycles. The maximum atomic E-state index is 11.9. The zero-order chi connectivity index (χ0) is 13.8. The molecule has 18 heavy (non-hydrogen) atoms. The molecular formula is C12H21N3O2S. The quantitative estimate of drug-likeness (QED) is 0.763. The molecule has 3 N–H and O–H groups in total. The fourth-order valence-corrected chi connectivity index (χ4v) is 2.43. The summed E-state index contributed by atoms with van der Waals surface area (Å²) >= 11 is 0. The van der Waals surface area contributed by atoms with E-state index in [0.29, 0.717) is 18.8 Å². The molecule has 1 rings (SSSR count). The van der Waals surface area contributed by atoms with E-state index in [2.05, 4.69) is 4.72 Å². The van der Waals surface area contributed by atoms with Gasteiger partial charge >= 0.3 is 0 Å². The molecule has 1 aromatic rings. The molecule has 0 aromatic heterocycles. The van der Waals surface area contributed by atoms with E-state index >= 15 is 0 Å². The van der Waals surface area contributed by atoms with Crippen LogP contribution in [-0.2, 0) is 16.8 Å². The lowest BCUT2D eigenvalue weighted by Crippen LogP contribution is -2.39. The highest BCUT2D eigenvalue weighted by Crippen LogP contribution is 2.09. The zero-order valence-electron chi connectivity index (χ0n) is 11.1. The average molecular weight is 271 g/mol. The largest absolute Gasteiger partial charge is 0.399 e. The Morgan fingerprint density at radius 3 is 2.33 bits per heavy atom. The molecule has 0 saturated heterocycles. The Balaban J connectivity index is 2.64. The molecule has 0 spiro atoms. The highest BCUT2D eigenvalue weighted by Gasteiger charge is 2.17. The Hall–Kier alpha value is -1.11. The summed E-state index contributed by atoms with van der Waals surface area (Å²) in [4.78, 5) is 0. The molecule has 0 fully saturated rings. The fraction of sp³-hybridized carbons (Fsp3) is 0.500. The van der Waals surface area contributed by atoms with Gasteiger partial charge in [0.1, 0.15) is 0 Å². The van der Waals surface area contributed by atoms with Gasteiger partial charge in [-0.25, -0.2) is 4.72 Å². The zero-order valence-corrected chi connectivity index (χ0v) is 11.9. The van der Waals surface area contributed by atoms with Crippen LogP contribution in [0.3, 0.4) is 0 Å². The van der Waals surface area contributed by atoms with Gasteiger partial charge in [-0.3, -0.25) is 0 Å². The molecule has 5 nitrogen and oxygen atoms in total. The van der Waals surface area contributed by atoms with Crippen LogP contribution in [0.4, 0.5) is 5.69 Å². The van der Waals surface area contributed by atoms with Crippen LogP contribution < -0.4 is 10.5 Å². The minimum Gasteiger partial charge on any atom is -0.399 e.